The quantitative estimate of drug-likeness (QED) is 0.586. The van der Waals surface area contributed by atoms with Crippen molar-refractivity contribution in [2.24, 2.45) is 0 Å². The molecule has 0 bridgehead atoms. The molecule has 2 rings (SSSR count). The average Bonchev–Trinajstić information content (AvgIpc) is 2.65. The summed E-state index contributed by atoms with van der Waals surface area (Å²) in [4.78, 5) is 24.9. The molecule has 1 unspecified atom stereocenters. The van der Waals surface area contributed by atoms with Gasteiger partial charge in [-0.1, -0.05) is 0 Å². The molecule has 1 saturated heterocycles. The van der Waals surface area contributed by atoms with Gasteiger partial charge in [0.05, 0.1) is 12.7 Å². The zero-order chi connectivity index (χ0) is 12.6. The third-order valence-corrected chi connectivity index (χ3v) is 2.84. The molecular formula is C10H14N2O5. The van der Waals surface area contributed by atoms with Crippen LogP contribution in [0.4, 0.5) is 0 Å². The maximum absolute atomic E-state index is 11.6. The van der Waals surface area contributed by atoms with Crippen LogP contribution < -0.4 is 11.2 Å². The Bertz CT molecular complexity index is 520. The third kappa shape index (κ3) is 2.17. The number of rotatable bonds is 2. The van der Waals surface area contributed by atoms with Gasteiger partial charge in [-0.15, -0.1) is 0 Å². The number of aliphatic hydroxyl groups is 2. The lowest BCUT2D eigenvalue weighted by molar-refractivity contribution is -0.0459. The number of hydrogen-bond acceptors (Lipinski definition) is 5. The van der Waals surface area contributed by atoms with Crippen molar-refractivity contribution in [2.45, 2.75) is 31.8 Å². The van der Waals surface area contributed by atoms with Crippen molar-refractivity contribution in [2.75, 3.05) is 6.61 Å². The summed E-state index contributed by atoms with van der Waals surface area (Å²) in [5, 5.41) is 18.5. The van der Waals surface area contributed by atoms with E-state index < -0.39 is 29.7 Å². The van der Waals surface area contributed by atoms with E-state index in [1.54, 1.807) is 6.92 Å². The zero-order valence-electron chi connectivity index (χ0n) is 9.29. The number of aromatic nitrogens is 2. The second-order valence-electron chi connectivity index (χ2n) is 4.09. The number of aliphatic hydroxyl groups excluding tert-OH is 2. The molecular weight excluding hydrogens is 230 g/mol. The molecule has 17 heavy (non-hydrogen) atoms. The first-order chi connectivity index (χ1) is 8.02. The molecule has 1 fully saturated rings. The van der Waals surface area contributed by atoms with E-state index in [4.69, 9.17) is 9.84 Å². The summed E-state index contributed by atoms with van der Waals surface area (Å²) >= 11 is 0. The first-order valence-corrected chi connectivity index (χ1v) is 5.29. The van der Waals surface area contributed by atoms with Crippen molar-refractivity contribution in [1.82, 2.24) is 9.55 Å². The predicted molar refractivity (Wildman–Crippen MR) is 57.7 cm³/mol. The first-order valence-electron chi connectivity index (χ1n) is 5.29. The molecule has 3 atom stereocenters. The molecule has 1 aliphatic heterocycles. The molecule has 1 aromatic rings. The van der Waals surface area contributed by atoms with Crippen LogP contribution in [-0.4, -0.2) is 38.6 Å². The highest BCUT2D eigenvalue weighted by Gasteiger charge is 2.34. The number of nitrogens with one attached hydrogen (secondary N) is 1. The highest BCUT2D eigenvalue weighted by molar-refractivity contribution is 5.02. The number of ether oxygens (including phenoxy) is 1. The minimum Gasteiger partial charge on any atom is -0.394 e. The van der Waals surface area contributed by atoms with Gasteiger partial charge in [-0.05, 0) is 6.92 Å². The van der Waals surface area contributed by atoms with Crippen LogP contribution in [-0.2, 0) is 4.74 Å². The fourth-order valence-corrected chi connectivity index (χ4v) is 1.85. The molecule has 7 heteroatoms. The molecule has 0 radical (unpaired) electrons. The molecule has 94 valence electrons. The molecule has 0 spiro atoms. The fourth-order valence-electron chi connectivity index (χ4n) is 1.85. The second-order valence-corrected chi connectivity index (χ2v) is 4.09. The lowest BCUT2D eigenvalue weighted by Gasteiger charge is -2.14. The van der Waals surface area contributed by atoms with Crippen LogP contribution in [0.25, 0.3) is 0 Å². The van der Waals surface area contributed by atoms with E-state index in [9.17, 15) is 14.7 Å². The van der Waals surface area contributed by atoms with Crippen molar-refractivity contribution in [1.29, 1.82) is 0 Å². The minimum absolute atomic E-state index is 0.205. The molecule has 3 N–H and O–H groups in total. The van der Waals surface area contributed by atoms with E-state index in [1.165, 1.54) is 10.8 Å². The van der Waals surface area contributed by atoms with Gasteiger partial charge < -0.3 is 14.9 Å². The van der Waals surface area contributed by atoms with Crippen LogP contribution >= 0.6 is 0 Å². The standard InChI is InChI=1S/C10H14N2O5/c1-5-3-12(10(16)11-9(5)15)8-2-6(14)7(4-13)17-8/h3,6-8,13-14H,2,4H2,1H3,(H,11,15,16)/t6-,7+,8?/m0/s1/i1+2. The van der Waals surface area contributed by atoms with E-state index >= 15 is 0 Å². The Balaban J connectivity index is 2.34. The molecule has 0 aromatic carbocycles. The second kappa shape index (κ2) is 4.44. The number of aryl methyl sites for hydroxylation is 1. The minimum atomic E-state index is -0.816. The van der Waals surface area contributed by atoms with Gasteiger partial charge in [0.15, 0.2) is 0 Å². The van der Waals surface area contributed by atoms with Gasteiger partial charge in [0.25, 0.3) is 5.56 Å². The van der Waals surface area contributed by atoms with Gasteiger partial charge in [-0.3, -0.25) is 14.3 Å². The Labute approximate surface area is 96.3 Å². The van der Waals surface area contributed by atoms with Crippen molar-refractivity contribution in [3.63, 3.8) is 0 Å². The fraction of sp³-hybridized carbons (Fsp3) is 0.600. The Morgan fingerprint density at radius 3 is 2.88 bits per heavy atom. The normalized spacial score (nSPS) is 28.5. The molecule has 0 amide bonds. The SMILES string of the molecule is [14CH3]c1cn(C2C[C@H](O)[C@@H](CO)O2)c(=O)[nH]c1=O. The lowest BCUT2D eigenvalue weighted by Crippen LogP contribution is -2.33. The van der Waals surface area contributed by atoms with Gasteiger partial charge in [-0.25, -0.2) is 4.79 Å². The Morgan fingerprint density at radius 1 is 1.59 bits per heavy atom. The van der Waals surface area contributed by atoms with E-state index in [0.29, 0.717) is 5.56 Å². The number of H-pyrrole nitrogens is 1. The first kappa shape index (κ1) is 12.0. The van der Waals surface area contributed by atoms with Crippen LogP contribution in [0.1, 0.15) is 18.2 Å². The highest BCUT2D eigenvalue weighted by Crippen LogP contribution is 2.27. The molecule has 7 nitrogen and oxygen atoms in total. The number of nitrogens with zero attached hydrogens (tertiary/aromatic N) is 1. The maximum Gasteiger partial charge on any atom is 0.330 e. The van der Waals surface area contributed by atoms with Crippen molar-refractivity contribution >= 4 is 0 Å². The average molecular weight is 244 g/mol. The van der Waals surface area contributed by atoms with Crippen LogP contribution in [0.2, 0.25) is 0 Å². The number of aromatic amines is 1. The van der Waals surface area contributed by atoms with Gasteiger partial charge in [-0.2, -0.15) is 0 Å². The van der Waals surface area contributed by atoms with Gasteiger partial charge in [0, 0.05) is 18.2 Å². The van der Waals surface area contributed by atoms with Crippen molar-refractivity contribution < 1.29 is 14.9 Å². The smallest absolute Gasteiger partial charge is 0.330 e. The van der Waals surface area contributed by atoms with E-state index in [2.05, 4.69) is 4.98 Å². The summed E-state index contributed by atoms with van der Waals surface area (Å²) in [6.45, 7) is 1.26. The Hall–Kier alpha value is -1.44. The van der Waals surface area contributed by atoms with E-state index in [0.717, 1.165) is 0 Å². The summed E-state index contributed by atoms with van der Waals surface area (Å²) < 4.78 is 6.54. The van der Waals surface area contributed by atoms with E-state index in [1.807, 2.05) is 0 Å². The molecule has 2 heterocycles. The largest absolute Gasteiger partial charge is 0.394 e. The van der Waals surface area contributed by atoms with Crippen LogP contribution in [0.15, 0.2) is 15.8 Å². The van der Waals surface area contributed by atoms with Crippen LogP contribution in [0.3, 0.4) is 0 Å². The third-order valence-electron chi connectivity index (χ3n) is 2.84. The summed E-state index contributed by atoms with van der Waals surface area (Å²) in [5.74, 6) is 0. The highest BCUT2D eigenvalue weighted by atomic mass is 16.5. The Morgan fingerprint density at radius 2 is 2.29 bits per heavy atom. The van der Waals surface area contributed by atoms with Crippen LogP contribution in [0, 0.1) is 6.92 Å². The number of hydrogen-bond donors (Lipinski definition) is 3. The van der Waals surface area contributed by atoms with Gasteiger partial charge in [0.1, 0.15) is 12.3 Å². The molecule has 0 saturated carbocycles. The lowest BCUT2D eigenvalue weighted by atomic mass is 10.2. The maximum atomic E-state index is 11.6. The van der Waals surface area contributed by atoms with Crippen molar-refractivity contribution in [3.05, 3.63) is 32.6 Å². The summed E-state index contributed by atoms with van der Waals surface area (Å²) in [6.07, 6.45) is -0.581. The molecule has 1 aromatic heterocycles. The summed E-state index contributed by atoms with van der Waals surface area (Å²) in [6, 6.07) is 0. The molecule has 0 aliphatic carbocycles. The zero-order valence-corrected chi connectivity index (χ0v) is 9.29. The van der Waals surface area contributed by atoms with Gasteiger partial charge in [0.2, 0.25) is 0 Å². The summed E-state index contributed by atoms with van der Waals surface area (Å²) in [7, 11) is 0. The predicted octanol–water partition coefficient (Wildman–Crippen LogP) is -1.51. The van der Waals surface area contributed by atoms with Crippen molar-refractivity contribution in [3.8, 4) is 0 Å². The molecule has 1 aliphatic rings. The Kier molecular flexibility index (Phi) is 3.14. The topological polar surface area (TPSA) is 105 Å². The summed E-state index contributed by atoms with van der Waals surface area (Å²) in [5.41, 5.74) is -0.643. The van der Waals surface area contributed by atoms with Gasteiger partial charge >= 0.3 is 5.69 Å². The van der Waals surface area contributed by atoms with Crippen LogP contribution in [0.5, 0.6) is 0 Å². The monoisotopic (exact) mass is 244 g/mol. The van der Waals surface area contributed by atoms with E-state index in [-0.39, 0.29) is 13.0 Å².